The highest BCUT2D eigenvalue weighted by Crippen LogP contribution is 2.28. The number of hydrogen-bond donors (Lipinski definition) is 0. The van der Waals surface area contributed by atoms with Crippen LogP contribution in [0.4, 0.5) is 11.5 Å². The molecule has 2 aromatic heterocycles. The molecule has 0 aliphatic rings. The number of fused-ring (bicyclic) bond motifs is 1. The van der Waals surface area contributed by atoms with Crippen molar-refractivity contribution in [3.8, 4) is 5.75 Å². The molecular formula is C23H24N4O. The Hall–Kier alpha value is -3.34. The van der Waals surface area contributed by atoms with E-state index in [2.05, 4.69) is 65.2 Å². The Morgan fingerprint density at radius 1 is 1.00 bits per heavy atom. The summed E-state index contributed by atoms with van der Waals surface area (Å²) >= 11 is 0. The van der Waals surface area contributed by atoms with Crippen molar-refractivity contribution in [3.63, 3.8) is 0 Å². The molecule has 0 aliphatic heterocycles. The van der Waals surface area contributed by atoms with Gasteiger partial charge in [-0.15, -0.1) is 0 Å². The fourth-order valence-electron chi connectivity index (χ4n) is 3.51. The summed E-state index contributed by atoms with van der Waals surface area (Å²) in [7, 11) is 5.74. The highest BCUT2D eigenvalue weighted by Gasteiger charge is 2.11. The third-order valence-corrected chi connectivity index (χ3v) is 5.13. The lowest BCUT2D eigenvalue weighted by molar-refractivity contribution is 0.414. The number of pyridine rings is 1. The van der Waals surface area contributed by atoms with E-state index in [9.17, 15) is 0 Å². The van der Waals surface area contributed by atoms with Crippen molar-refractivity contribution in [1.82, 2.24) is 14.5 Å². The van der Waals surface area contributed by atoms with Crippen LogP contribution in [0.25, 0.3) is 11.0 Å². The standard InChI is InChI=1S/C23H24N4O/c1-16-11-18(12-17-5-8-19(28-4)9-6-17)7-10-21(16)27(3)23-13-22-20(14-24-23)25-15-26(22)2/h5-11,13-15H,12H2,1-4H3. The summed E-state index contributed by atoms with van der Waals surface area (Å²) in [6, 6.07) is 16.9. The molecular weight excluding hydrogens is 348 g/mol. The Morgan fingerprint density at radius 3 is 2.46 bits per heavy atom. The van der Waals surface area contributed by atoms with Crippen LogP contribution in [-0.4, -0.2) is 28.7 Å². The summed E-state index contributed by atoms with van der Waals surface area (Å²) in [6.45, 7) is 2.14. The first-order chi connectivity index (χ1) is 13.5. The predicted octanol–water partition coefficient (Wildman–Crippen LogP) is 4.64. The SMILES string of the molecule is COc1ccc(Cc2ccc(N(C)c3cc4c(cn3)ncn4C)c(C)c2)cc1. The van der Waals surface area contributed by atoms with E-state index in [4.69, 9.17) is 4.74 Å². The van der Waals surface area contributed by atoms with E-state index < -0.39 is 0 Å². The average molecular weight is 372 g/mol. The molecule has 0 unspecified atom stereocenters. The van der Waals surface area contributed by atoms with Crippen LogP contribution < -0.4 is 9.64 Å². The van der Waals surface area contributed by atoms with Gasteiger partial charge < -0.3 is 14.2 Å². The normalized spacial score (nSPS) is 11.0. The van der Waals surface area contributed by atoms with Gasteiger partial charge in [0.05, 0.1) is 25.2 Å². The maximum atomic E-state index is 5.23. The van der Waals surface area contributed by atoms with E-state index in [1.54, 1.807) is 7.11 Å². The fraction of sp³-hybridized carbons (Fsp3) is 0.217. The van der Waals surface area contributed by atoms with Gasteiger partial charge in [0.2, 0.25) is 0 Å². The molecule has 2 aromatic carbocycles. The summed E-state index contributed by atoms with van der Waals surface area (Å²) in [5.74, 6) is 1.79. The van der Waals surface area contributed by atoms with Crippen LogP contribution in [-0.2, 0) is 13.5 Å². The molecule has 5 nitrogen and oxygen atoms in total. The lowest BCUT2D eigenvalue weighted by atomic mass is 10.0. The van der Waals surface area contributed by atoms with Gasteiger partial charge in [-0.25, -0.2) is 9.97 Å². The molecule has 4 aromatic rings. The van der Waals surface area contributed by atoms with E-state index in [1.807, 2.05) is 36.3 Å². The first-order valence-electron chi connectivity index (χ1n) is 9.28. The molecule has 5 heteroatoms. The maximum absolute atomic E-state index is 5.23. The molecule has 0 spiro atoms. The second-order valence-corrected chi connectivity index (χ2v) is 7.09. The van der Waals surface area contributed by atoms with Gasteiger partial charge in [0.25, 0.3) is 0 Å². The van der Waals surface area contributed by atoms with Gasteiger partial charge in [-0.05, 0) is 48.2 Å². The summed E-state index contributed by atoms with van der Waals surface area (Å²) < 4.78 is 7.25. The lowest BCUT2D eigenvalue weighted by Gasteiger charge is -2.21. The molecule has 0 fully saturated rings. The Morgan fingerprint density at radius 2 is 1.75 bits per heavy atom. The van der Waals surface area contributed by atoms with E-state index in [-0.39, 0.29) is 0 Å². The number of rotatable bonds is 5. The fourth-order valence-corrected chi connectivity index (χ4v) is 3.51. The molecule has 0 saturated carbocycles. The van der Waals surface area contributed by atoms with Crippen molar-refractivity contribution in [2.45, 2.75) is 13.3 Å². The Kier molecular flexibility index (Phi) is 4.74. The molecule has 2 heterocycles. The molecule has 0 N–H and O–H groups in total. The minimum absolute atomic E-state index is 0.884. The monoisotopic (exact) mass is 372 g/mol. The Labute approximate surface area is 165 Å². The maximum Gasteiger partial charge on any atom is 0.134 e. The molecule has 142 valence electrons. The van der Waals surface area contributed by atoms with Crippen LogP contribution in [0.5, 0.6) is 5.75 Å². The zero-order valence-corrected chi connectivity index (χ0v) is 16.7. The molecule has 4 rings (SSSR count). The summed E-state index contributed by atoms with van der Waals surface area (Å²) in [5.41, 5.74) is 6.91. The molecule has 0 bridgehead atoms. The van der Waals surface area contributed by atoms with E-state index in [1.165, 1.54) is 16.7 Å². The van der Waals surface area contributed by atoms with E-state index >= 15 is 0 Å². The van der Waals surface area contributed by atoms with Crippen molar-refractivity contribution < 1.29 is 4.74 Å². The molecule has 0 aliphatic carbocycles. The van der Waals surface area contributed by atoms with E-state index in [0.29, 0.717) is 0 Å². The van der Waals surface area contributed by atoms with Gasteiger partial charge >= 0.3 is 0 Å². The molecule has 0 amide bonds. The van der Waals surface area contributed by atoms with Crippen molar-refractivity contribution >= 4 is 22.5 Å². The van der Waals surface area contributed by atoms with Gasteiger partial charge in [0.1, 0.15) is 17.1 Å². The quantitative estimate of drug-likeness (QED) is 0.512. The Bertz CT molecular complexity index is 1120. The summed E-state index contributed by atoms with van der Waals surface area (Å²) in [5, 5.41) is 0. The van der Waals surface area contributed by atoms with E-state index in [0.717, 1.165) is 34.7 Å². The van der Waals surface area contributed by atoms with Gasteiger partial charge in [0.15, 0.2) is 0 Å². The number of anilines is 2. The number of benzene rings is 2. The van der Waals surface area contributed by atoms with Gasteiger partial charge in [-0.1, -0.05) is 24.3 Å². The van der Waals surface area contributed by atoms with Gasteiger partial charge in [-0.3, -0.25) is 0 Å². The number of aryl methyl sites for hydroxylation is 2. The first kappa shape index (κ1) is 18.0. The molecule has 0 saturated heterocycles. The molecule has 0 atom stereocenters. The minimum Gasteiger partial charge on any atom is -0.497 e. The van der Waals surface area contributed by atoms with Crippen molar-refractivity contribution in [2.24, 2.45) is 7.05 Å². The van der Waals surface area contributed by atoms with Crippen LogP contribution in [0.15, 0.2) is 61.1 Å². The number of imidazole rings is 1. The molecule has 28 heavy (non-hydrogen) atoms. The second-order valence-electron chi connectivity index (χ2n) is 7.09. The Balaban J connectivity index is 1.58. The highest BCUT2D eigenvalue weighted by molar-refractivity contribution is 5.79. The second kappa shape index (κ2) is 7.35. The van der Waals surface area contributed by atoms with Crippen molar-refractivity contribution in [1.29, 1.82) is 0 Å². The number of aromatic nitrogens is 3. The van der Waals surface area contributed by atoms with Gasteiger partial charge in [0, 0.05) is 25.8 Å². The van der Waals surface area contributed by atoms with Crippen LogP contribution in [0.2, 0.25) is 0 Å². The smallest absolute Gasteiger partial charge is 0.134 e. The zero-order chi connectivity index (χ0) is 19.7. The summed E-state index contributed by atoms with van der Waals surface area (Å²) in [6.07, 6.45) is 4.54. The average Bonchev–Trinajstić information content (AvgIpc) is 3.08. The third kappa shape index (κ3) is 3.43. The highest BCUT2D eigenvalue weighted by atomic mass is 16.5. The van der Waals surface area contributed by atoms with Crippen molar-refractivity contribution in [2.75, 3.05) is 19.1 Å². The third-order valence-electron chi connectivity index (χ3n) is 5.13. The van der Waals surface area contributed by atoms with Crippen LogP contribution in [0.3, 0.4) is 0 Å². The topological polar surface area (TPSA) is 43.2 Å². The van der Waals surface area contributed by atoms with Crippen LogP contribution in [0.1, 0.15) is 16.7 Å². The van der Waals surface area contributed by atoms with Crippen molar-refractivity contribution in [3.05, 3.63) is 77.7 Å². The number of nitrogens with zero attached hydrogens (tertiary/aromatic N) is 4. The lowest BCUT2D eigenvalue weighted by Crippen LogP contribution is -2.12. The predicted molar refractivity (Wildman–Crippen MR) is 114 cm³/mol. The van der Waals surface area contributed by atoms with Crippen LogP contribution in [0, 0.1) is 6.92 Å². The summed E-state index contributed by atoms with van der Waals surface area (Å²) in [4.78, 5) is 11.1. The number of ether oxygens (including phenoxy) is 1. The first-order valence-corrected chi connectivity index (χ1v) is 9.28. The number of hydrogen-bond acceptors (Lipinski definition) is 4. The zero-order valence-electron chi connectivity index (χ0n) is 16.7. The minimum atomic E-state index is 0.884. The number of methoxy groups -OCH3 is 1. The van der Waals surface area contributed by atoms with Gasteiger partial charge in [-0.2, -0.15) is 0 Å². The molecule has 0 radical (unpaired) electrons. The largest absolute Gasteiger partial charge is 0.497 e. The van der Waals surface area contributed by atoms with Crippen LogP contribution >= 0.6 is 0 Å².